The Morgan fingerprint density at radius 2 is 2.17 bits per heavy atom. The highest BCUT2D eigenvalue weighted by Crippen LogP contribution is 2.51. The number of carbonyl (C=O) groups is 2. The highest BCUT2D eigenvalue weighted by molar-refractivity contribution is 6.32. The van der Waals surface area contributed by atoms with Gasteiger partial charge in [0.15, 0.2) is 0 Å². The Bertz CT molecular complexity index is 1220. The van der Waals surface area contributed by atoms with E-state index in [4.69, 9.17) is 16.3 Å². The van der Waals surface area contributed by atoms with Gasteiger partial charge in [0.05, 0.1) is 30.3 Å². The second-order valence-corrected chi connectivity index (χ2v) is 8.15. The van der Waals surface area contributed by atoms with E-state index in [1.54, 1.807) is 25.3 Å². The van der Waals surface area contributed by atoms with Crippen LogP contribution in [0.4, 0.5) is 0 Å². The van der Waals surface area contributed by atoms with Crippen molar-refractivity contribution in [3.63, 3.8) is 0 Å². The van der Waals surface area contributed by atoms with Gasteiger partial charge < -0.3 is 25.0 Å². The van der Waals surface area contributed by atoms with Crippen molar-refractivity contribution in [3.8, 4) is 0 Å². The van der Waals surface area contributed by atoms with E-state index in [2.05, 4.69) is 10.3 Å². The third kappa shape index (κ3) is 2.19. The summed E-state index contributed by atoms with van der Waals surface area (Å²) in [6, 6.07) is 4.69. The van der Waals surface area contributed by atoms with E-state index < -0.39 is 23.5 Å². The Morgan fingerprint density at radius 3 is 2.87 bits per heavy atom. The Hall–Kier alpha value is -3.03. The molecule has 1 aromatic heterocycles. The number of nitrogens with one attached hydrogen (secondary N) is 2. The van der Waals surface area contributed by atoms with Crippen LogP contribution >= 0.6 is 11.6 Å². The Morgan fingerprint density at radius 1 is 1.40 bits per heavy atom. The average Bonchev–Trinajstić information content (AvgIpc) is 3.26. The van der Waals surface area contributed by atoms with Crippen LogP contribution in [-0.2, 0) is 9.53 Å². The first-order chi connectivity index (χ1) is 14.3. The van der Waals surface area contributed by atoms with Crippen LogP contribution in [0, 0.1) is 5.92 Å². The van der Waals surface area contributed by atoms with Crippen LogP contribution in [0.15, 0.2) is 47.8 Å². The molecular weight excluding hydrogens is 406 g/mol. The van der Waals surface area contributed by atoms with Crippen LogP contribution in [0.1, 0.15) is 23.0 Å². The number of hydrogen-bond donors (Lipinski definition) is 3. The molecule has 1 amide bonds. The average molecular weight is 426 g/mol. The van der Waals surface area contributed by atoms with E-state index in [9.17, 15) is 14.7 Å². The largest absolute Gasteiger partial charge is 0.498 e. The van der Waals surface area contributed by atoms with Crippen molar-refractivity contribution in [1.82, 2.24) is 15.2 Å². The lowest BCUT2D eigenvalue weighted by Crippen LogP contribution is -2.66. The number of Topliss-reactive ketones (excluding diaryl/α,β-unsaturated/α-hetero) is 1. The topological polar surface area (TPSA) is 94.7 Å². The van der Waals surface area contributed by atoms with Crippen LogP contribution in [-0.4, -0.2) is 52.6 Å². The van der Waals surface area contributed by atoms with Crippen molar-refractivity contribution < 1.29 is 19.4 Å². The normalized spacial score (nSPS) is 27.0. The number of nitrogens with zero attached hydrogens (tertiary/aromatic N) is 1. The molecule has 0 saturated carbocycles. The quantitative estimate of drug-likeness (QED) is 0.643. The minimum Gasteiger partial charge on any atom is -0.498 e. The summed E-state index contributed by atoms with van der Waals surface area (Å²) in [6.45, 7) is 1.97. The van der Waals surface area contributed by atoms with E-state index >= 15 is 0 Å². The number of rotatable bonds is 2. The van der Waals surface area contributed by atoms with E-state index in [0.717, 1.165) is 5.57 Å². The van der Waals surface area contributed by atoms with Gasteiger partial charge in [0.1, 0.15) is 11.5 Å². The summed E-state index contributed by atoms with van der Waals surface area (Å²) in [6.07, 6.45) is 5.81. The van der Waals surface area contributed by atoms with Crippen molar-refractivity contribution in [2.45, 2.75) is 18.7 Å². The number of hydrogen-bond acceptors (Lipinski definition) is 5. The number of aromatic nitrogens is 1. The zero-order valence-electron chi connectivity index (χ0n) is 16.6. The van der Waals surface area contributed by atoms with Gasteiger partial charge in [-0.25, -0.2) is 0 Å². The molecule has 5 rings (SSSR count). The van der Waals surface area contributed by atoms with E-state index in [-0.39, 0.29) is 11.5 Å². The Labute approximate surface area is 177 Å². The van der Waals surface area contributed by atoms with Gasteiger partial charge in [0, 0.05) is 23.0 Å². The molecule has 154 valence electrons. The maximum Gasteiger partial charge on any atom is 0.285 e. The van der Waals surface area contributed by atoms with Gasteiger partial charge in [-0.3, -0.25) is 9.59 Å². The fraction of sp³-hybridized carbons (Fsp3) is 0.273. The zero-order valence-corrected chi connectivity index (χ0v) is 17.4. The SMILES string of the molecule is CNC(=O)[C@]1(O)C(=O)c2c([nH]c3ccc(Cl)cc23)C2=C(OC)C3C=C(C)C=CC3N21. The molecule has 7 nitrogen and oxygen atoms in total. The van der Waals surface area contributed by atoms with E-state index in [1.807, 2.05) is 25.2 Å². The van der Waals surface area contributed by atoms with Crippen LogP contribution in [0.3, 0.4) is 0 Å². The lowest BCUT2D eigenvalue weighted by Gasteiger charge is -2.43. The molecular formula is C22H20ClN3O4. The number of H-pyrrole nitrogens is 1. The maximum atomic E-state index is 13.7. The minimum atomic E-state index is -2.43. The van der Waals surface area contributed by atoms with Gasteiger partial charge in [0.25, 0.3) is 11.6 Å². The number of halogens is 1. The molecule has 3 aliphatic rings. The monoisotopic (exact) mass is 425 g/mol. The molecule has 3 atom stereocenters. The number of carbonyl (C=O) groups excluding carboxylic acids is 2. The first-order valence-corrected chi connectivity index (χ1v) is 9.95. The number of ketones is 1. The van der Waals surface area contributed by atoms with Gasteiger partial charge in [-0.05, 0) is 25.1 Å². The molecule has 3 heterocycles. The third-order valence-electron chi connectivity index (χ3n) is 6.10. The standard InChI is InChI=1S/C22H20ClN3O4/c1-10-4-7-15-13(8-10)19(30-3)18-17-16(12-9-11(23)5-6-14(12)25-17)20(27)22(29,26(15)18)21(28)24-2/h4-9,13,15,25,29H,1-3H3,(H,24,28)/t13?,15?,22-/m1/s1. The summed E-state index contributed by atoms with van der Waals surface area (Å²) in [4.78, 5) is 31.4. The van der Waals surface area contributed by atoms with Gasteiger partial charge in [-0.15, -0.1) is 0 Å². The fourth-order valence-electron chi connectivity index (χ4n) is 4.81. The maximum absolute atomic E-state index is 13.7. The van der Waals surface area contributed by atoms with Gasteiger partial charge in [-0.2, -0.15) is 0 Å². The van der Waals surface area contributed by atoms with Gasteiger partial charge in [0.2, 0.25) is 5.78 Å². The third-order valence-corrected chi connectivity index (χ3v) is 6.33. The first kappa shape index (κ1) is 19.0. The lowest BCUT2D eigenvalue weighted by atomic mass is 9.88. The molecule has 2 unspecified atom stereocenters. The summed E-state index contributed by atoms with van der Waals surface area (Å²) in [5.41, 5.74) is 0.514. The van der Waals surface area contributed by atoms with E-state index in [0.29, 0.717) is 33.1 Å². The molecule has 30 heavy (non-hydrogen) atoms. The number of fused-ring (bicyclic) bond motifs is 7. The molecule has 0 radical (unpaired) electrons. The molecule has 0 spiro atoms. The molecule has 2 aromatic rings. The van der Waals surface area contributed by atoms with Crippen molar-refractivity contribution in [2.75, 3.05) is 14.2 Å². The summed E-state index contributed by atoms with van der Waals surface area (Å²) in [5, 5.41) is 15.1. The second-order valence-electron chi connectivity index (χ2n) is 7.72. The van der Waals surface area contributed by atoms with Gasteiger partial charge >= 0.3 is 0 Å². The number of aromatic amines is 1. The number of amides is 1. The molecule has 3 N–H and O–H groups in total. The molecule has 8 heteroatoms. The fourth-order valence-corrected chi connectivity index (χ4v) is 4.98. The van der Waals surface area contributed by atoms with Crippen molar-refractivity contribution in [2.24, 2.45) is 5.92 Å². The summed E-state index contributed by atoms with van der Waals surface area (Å²) in [5.74, 6) is -1.18. The van der Waals surface area contributed by atoms with Crippen LogP contribution in [0.5, 0.6) is 0 Å². The molecule has 0 saturated heterocycles. The van der Waals surface area contributed by atoms with E-state index in [1.165, 1.54) is 11.9 Å². The van der Waals surface area contributed by atoms with Crippen molar-refractivity contribution in [1.29, 1.82) is 0 Å². The van der Waals surface area contributed by atoms with Crippen LogP contribution in [0.25, 0.3) is 16.6 Å². The Kier molecular flexibility index (Phi) is 3.94. The predicted molar refractivity (Wildman–Crippen MR) is 113 cm³/mol. The van der Waals surface area contributed by atoms with Crippen molar-refractivity contribution >= 4 is 39.9 Å². The molecule has 2 aliphatic heterocycles. The molecule has 1 aliphatic carbocycles. The highest BCUT2D eigenvalue weighted by Gasteiger charge is 2.62. The summed E-state index contributed by atoms with van der Waals surface area (Å²) >= 11 is 6.18. The zero-order chi connectivity index (χ0) is 21.4. The highest BCUT2D eigenvalue weighted by atomic mass is 35.5. The molecule has 1 aromatic carbocycles. The summed E-state index contributed by atoms with van der Waals surface area (Å²) < 4.78 is 5.78. The smallest absolute Gasteiger partial charge is 0.285 e. The predicted octanol–water partition coefficient (Wildman–Crippen LogP) is 2.58. The van der Waals surface area contributed by atoms with Crippen LogP contribution < -0.4 is 5.32 Å². The van der Waals surface area contributed by atoms with Gasteiger partial charge in [-0.1, -0.05) is 35.4 Å². The molecule has 0 fully saturated rings. The number of aliphatic hydroxyl groups is 1. The number of likely N-dealkylation sites (N-methyl/N-ethyl adjacent to an activating group) is 1. The number of allylic oxidation sites excluding steroid dienone is 2. The number of ether oxygens (including phenoxy) is 1. The lowest BCUT2D eigenvalue weighted by molar-refractivity contribution is -0.148. The summed E-state index contributed by atoms with van der Waals surface area (Å²) in [7, 11) is 2.95. The first-order valence-electron chi connectivity index (χ1n) is 9.58. The molecule has 0 bridgehead atoms. The number of methoxy groups -OCH3 is 1. The minimum absolute atomic E-state index is 0.225. The number of benzene rings is 1. The Balaban J connectivity index is 1.90. The second kappa shape index (κ2) is 6.23. The van der Waals surface area contributed by atoms with Crippen LogP contribution in [0.2, 0.25) is 5.02 Å². The van der Waals surface area contributed by atoms with Crippen molar-refractivity contribution in [3.05, 3.63) is 64.0 Å².